The summed E-state index contributed by atoms with van der Waals surface area (Å²) in [4.78, 5) is 26.1. The minimum atomic E-state index is -1.02. The number of hydrogen-bond acceptors (Lipinski definition) is 6. The molecule has 0 fully saturated rings. The van der Waals surface area contributed by atoms with E-state index in [4.69, 9.17) is 21.2 Å². The Morgan fingerprint density at radius 3 is 2.77 bits per heavy atom. The van der Waals surface area contributed by atoms with Crippen LogP contribution >= 0.6 is 11.6 Å². The summed E-state index contributed by atoms with van der Waals surface area (Å²) in [5.74, 6) is -0.195. The number of halogens is 2. The lowest BCUT2D eigenvalue weighted by Crippen LogP contribution is -2.47. The molecule has 1 aliphatic heterocycles. The Hall–Kier alpha value is -2.94. The Kier molecular flexibility index (Phi) is 6.40. The van der Waals surface area contributed by atoms with E-state index in [1.807, 2.05) is 20.8 Å². The average molecular weight is 437 g/mol. The van der Waals surface area contributed by atoms with Crippen LogP contribution in [0.5, 0.6) is 5.75 Å². The second-order valence-corrected chi connectivity index (χ2v) is 8.25. The Morgan fingerprint density at radius 2 is 2.13 bits per heavy atom. The zero-order chi connectivity index (χ0) is 21.9. The molecule has 2 aromatic heterocycles. The average Bonchev–Trinajstić information content (AvgIpc) is 3.12. The third-order valence-electron chi connectivity index (χ3n) is 4.42. The second kappa shape index (κ2) is 8.83. The van der Waals surface area contributed by atoms with Crippen LogP contribution in [0, 0.1) is 5.95 Å². The summed E-state index contributed by atoms with van der Waals surface area (Å²) in [6, 6.07) is 4.39. The number of carboxylic acid groups (broad SMARTS) is 1. The number of oxime groups is 1. The van der Waals surface area contributed by atoms with Crippen molar-refractivity contribution in [2.24, 2.45) is 5.16 Å². The number of nitrogens with zero attached hydrogens (tertiary/aromatic N) is 4. The van der Waals surface area contributed by atoms with Gasteiger partial charge in [-0.05, 0) is 32.9 Å². The highest BCUT2D eigenvalue weighted by atomic mass is 35.5. The molecule has 0 aromatic carbocycles. The Morgan fingerprint density at radius 1 is 1.37 bits per heavy atom. The zero-order valence-electron chi connectivity index (χ0n) is 16.8. The summed E-state index contributed by atoms with van der Waals surface area (Å²) < 4.78 is 19.0. The van der Waals surface area contributed by atoms with Gasteiger partial charge >= 0.3 is 6.09 Å². The molecule has 3 heterocycles. The molecule has 1 atom stereocenters. The minimum Gasteiger partial charge on any atom is -0.487 e. The van der Waals surface area contributed by atoms with Gasteiger partial charge in [0.1, 0.15) is 18.1 Å². The fourth-order valence-corrected chi connectivity index (χ4v) is 3.04. The molecule has 1 N–H and O–H groups in total. The Bertz CT molecular complexity index is 947. The van der Waals surface area contributed by atoms with Gasteiger partial charge in [0.05, 0.1) is 17.3 Å². The van der Waals surface area contributed by atoms with E-state index < -0.39 is 17.6 Å². The number of pyridine rings is 2. The van der Waals surface area contributed by atoms with E-state index in [9.17, 15) is 14.3 Å². The van der Waals surface area contributed by atoms with Crippen LogP contribution in [0.3, 0.4) is 0 Å². The molecule has 160 valence electrons. The van der Waals surface area contributed by atoms with Crippen molar-refractivity contribution in [2.45, 2.75) is 38.8 Å². The molecule has 2 aromatic rings. The monoisotopic (exact) mass is 436 g/mol. The molecule has 10 heteroatoms. The number of rotatable bonds is 6. The van der Waals surface area contributed by atoms with E-state index in [-0.39, 0.29) is 19.3 Å². The Labute approximate surface area is 178 Å². The van der Waals surface area contributed by atoms with Gasteiger partial charge in [-0.1, -0.05) is 16.8 Å². The van der Waals surface area contributed by atoms with Crippen LogP contribution < -0.4 is 4.74 Å². The molecule has 1 aliphatic rings. The van der Waals surface area contributed by atoms with Crippen LogP contribution in [0.15, 0.2) is 35.7 Å². The largest absolute Gasteiger partial charge is 0.487 e. The van der Waals surface area contributed by atoms with Crippen molar-refractivity contribution in [1.29, 1.82) is 0 Å². The van der Waals surface area contributed by atoms with Crippen LogP contribution in [0.4, 0.5) is 9.18 Å². The molecular formula is C20H22ClFN4O4. The van der Waals surface area contributed by atoms with Gasteiger partial charge in [-0.2, -0.15) is 4.39 Å². The lowest BCUT2D eigenvalue weighted by molar-refractivity contribution is 0.0471. The van der Waals surface area contributed by atoms with Gasteiger partial charge in [-0.15, -0.1) is 0 Å². The van der Waals surface area contributed by atoms with Crippen molar-refractivity contribution in [3.63, 3.8) is 0 Å². The Balaban J connectivity index is 1.64. The molecule has 30 heavy (non-hydrogen) atoms. The predicted octanol–water partition coefficient (Wildman–Crippen LogP) is 4.24. The fourth-order valence-electron chi connectivity index (χ4n) is 2.89. The number of hydrogen-bond donors (Lipinski definition) is 1. The number of ether oxygens (including phenoxy) is 1. The number of amides is 1. The van der Waals surface area contributed by atoms with Crippen molar-refractivity contribution in [3.05, 3.63) is 41.6 Å². The maximum absolute atomic E-state index is 13.1. The number of carbonyl (C=O) groups is 1. The smallest absolute Gasteiger partial charge is 0.408 e. The summed E-state index contributed by atoms with van der Waals surface area (Å²) in [6.07, 6.45) is 1.86. The van der Waals surface area contributed by atoms with E-state index >= 15 is 0 Å². The third kappa shape index (κ3) is 5.35. The molecule has 3 rings (SSSR count). The van der Waals surface area contributed by atoms with Crippen molar-refractivity contribution >= 4 is 23.4 Å². The van der Waals surface area contributed by atoms with Gasteiger partial charge < -0.3 is 14.7 Å². The molecule has 0 aliphatic carbocycles. The summed E-state index contributed by atoms with van der Waals surface area (Å²) in [7, 11) is 0. The van der Waals surface area contributed by atoms with E-state index in [0.717, 1.165) is 0 Å². The molecule has 1 amide bonds. The lowest BCUT2D eigenvalue weighted by atomic mass is 10.1. The second-order valence-electron chi connectivity index (χ2n) is 7.81. The number of aromatic nitrogens is 2. The summed E-state index contributed by atoms with van der Waals surface area (Å²) >= 11 is 6.04. The topological polar surface area (TPSA) is 97.1 Å². The first kappa shape index (κ1) is 21.8. The summed E-state index contributed by atoms with van der Waals surface area (Å²) in [6.45, 7) is 5.75. The molecule has 0 bridgehead atoms. The van der Waals surface area contributed by atoms with Crippen LogP contribution in [0.25, 0.3) is 11.3 Å². The van der Waals surface area contributed by atoms with Gasteiger partial charge in [-0.25, -0.2) is 9.78 Å². The van der Waals surface area contributed by atoms with Gasteiger partial charge in [-0.3, -0.25) is 9.88 Å². The van der Waals surface area contributed by atoms with Crippen molar-refractivity contribution in [3.8, 4) is 17.0 Å². The maximum atomic E-state index is 13.1. The SMILES string of the molecule is CC(C)(C)N(CC1=NOC(COc2cc(Cl)cnc2-c2ccc(F)nc2)C1)C(=O)O. The van der Waals surface area contributed by atoms with Crippen molar-refractivity contribution < 1.29 is 23.9 Å². The molecule has 1 unspecified atom stereocenters. The molecule has 0 saturated heterocycles. The standard InChI is InChI=1S/C20H22ClFN4O4/c1-20(2,3)26(19(27)28)10-14-7-15(30-25-14)11-29-16-6-13(21)9-24-18(16)12-4-5-17(22)23-8-12/h4-6,8-9,15H,7,10-11H2,1-3H3,(H,27,28). The fraction of sp³-hybridized carbons (Fsp3) is 0.400. The van der Waals surface area contributed by atoms with Gasteiger partial charge in [0.25, 0.3) is 0 Å². The van der Waals surface area contributed by atoms with Crippen molar-refractivity contribution in [1.82, 2.24) is 14.9 Å². The van der Waals surface area contributed by atoms with E-state index in [2.05, 4.69) is 15.1 Å². The van der Waals surface area contributed by atoms with E-state index in [1.165, 1.54) is 23.4 Å². The van der Waals surface area contributed by atoms with Crippen LogP contribution in [-0.2, 0) is 4.84 Å². The van der Waals surface area contributed by atoms with E-state index in [1.54, 1.807) is 12.1 Å². The normalized spacial score (nSPS) is 16.0. The first-order valence-electron chi connectivity index (χ1n) is 9.26. The lowest BCUT2D eigenvalue weighted by Gasteiger charge is -2.32. The highest BCUT2D eigenvalue weighted by molar-refractivity contribution is 6.30. The van der Waals surface area contributed by atoms with E-state index in [0.29, 0.717) is 34.2 Å². The highest BCUT2D eigenvalue weighted by Crippen LogP contribution is 2.30. The van der Waals surface area contributed by atoms with Gasteiger partial charge in [0.2, 0.25) is 5.95 Å². The zero-order valence-corrected chi connectivity index (χ0v) is 17.6. The summed E-state index contributed by atoms with van der Waals surface area (Å²) in [5, 5.41) is 13.8. The van der Waals surface area contributed by atoms with Crippen LogP contribution in [-0.4, -0.2) is 56.6 Å². The maximum Gasteiger partial charge on any atom is 0.408 e. The first-order valence-corrected chi connectivity index (χ1v) is 9.63. The van der Waals surface area contributed by atoms with Crippen molar-refractivity contribution in [2.75, 3.05) is 13.2 Å². The minimum absolute atomic E-state index is 0.152. The van der Waals surface area contributed by atoms with Gasteiger partial charge in [0.15, 0.2) is 6.10 Å². The molecule has 8 nitrogen and oxygen atoms in total. The third-order valence-corrected chi connectivity index (χ3v) is 4.63. The first-order chi connectivity index (χ1) is 14.1. The van der Waals surface area contributed by atoms with Crippen LogP contribution in [0.2, 0.25) is 5.02 Å². The molecule has 0 radical (unpaired) electrons. The van der Waals surface area contributed by atoms with Crippen LogP contribution in [0.1, 0.15) is 27.2 Å². The molecule has 0 saturated carbocycles. The molecular weight excluding hydrogens is 415 g/mol. The summed E-state index contributed by atoms with van der Waals surface area (Å²) in [5.41, 5.74) is 1.10. The predicted molar refractivity (Wildman–Crippen MR) is 109 cm³/mol. The highest BCUT2D eigenvalue weighted by Gasteiger charge is 2.31. The quantitative estimate of drug-likeness (QED) is 0.680. The molecule has 0 spiro atoms. The van der Waals surface area contributed by atoms with Gasteiger partial charge in [0, 0.05) is 36.0 Å².